The molecule has 0 aliphatic heterocycles. The van der Waals surface area contributed by atoms with E-state index in [9.17, 15) is 4.79 Å². The number of rotatable bonds is 4. The fourth-order valence-electron chi connectivity index (χ4n) is 1.90. The molecule has 4 N–H and O–H groups in total. The molecule has 0 fully saturated rings. The predicted octanol–water partition coefficient (Wildman–Crippen LogP) is 2.19. The van der Waals surface area contributed by atoms with Crippen molar-refractivity contribution in [3.63, 3.8) is 0 Å². The van der Waals surface area contributed by atoms with Gasteiger partial charge in [0.15, 0.2) is 0 Å². The first-order valence-electron chi connectivity index (χ1n) is 6.26. The molecule has 100 valence electrons. The van der Waals surface area contributed by atoms with Gasteiger partial charge in [0.05, 0.1) is 5.41 Å². The summed E-state index contributed by atoms with van der Waals surface area (Å²) in [7, 11) is 0. The lowest BCUT2D eigenvalue weighted by molar-refractivity contribution is -0.125. The van der Waals surface area contributed by atoms with Crippen LogP contribution in [0.25, 0.3) is 0 Å². The Bertz CT molecular complexity index is 541. The van der Waals surface area contributed by atoms with Crippen LogP contribution in [0.2, 0.25) is 0 Å². The van der Waals surface area contributed by atoms with Gasteiger partial charge in [-0.2, -0.15) is 0 Å². The zero-order valence-corrected chi connectivity index (χ0v) is 11.2. The molecule has 0 unspecified atom stereocenters. The molecule has 1 aromatic carbocycles. The zero-order chi connectivity index (χ0) is 13.9. The van der Waals surface area contributed by atoms with Crippen LogP contribution in [0.3, 0.4) is 0 Å². The molecule has 4 heteroatoms. The first kappa shape index (κ1) is 13.2. The van der Waals surface area contributed by atoms with E-state index in [0.29, 0.717) is 12.2 Å². The largest absolute Gasteiger partial charge is 0.399 e. The zero-order valence-electron chi connectivity index (χ0n) is 11.2. The lowest BCUT2D eigenvalue weighted by Gasteiger charge is -2.24. The third-order valence-electron chi connectivity index (χ3n) is 3.32. The summed E-state index contributed by atoms with van der Waals surface area (Å²) in [5.74, 6) is -0.00142. The molecule has 1 aromatic heterocycles. The highest BCUT2D eigenvalue weighted by molar-refractivity contribution is 5.87. The second-order valence-electron chi connectivity index (χ2n) is 5.15. The number of anilines is 1. The van der Waals surface area contributed by atoms with Crippen LogP contribution in [0.4, 0.5) is 5.69 Å². The van der Waals surface area contributed by atoms with E-state index >= 15 is 0 Å². The number of amides is 1. The summed E-state index contributed by atoms with van der Waals surface area (Å²) in [6.45, 7) is 4.34. The van der Waals surface area contributed by atoms with Crippen molar-refractivity contribution in [2.45, 2.75) is 25.8 Å². The van der Waals surface area contributed by atoms with Crippen LogP contribution < -0.4 is 11.1 Å². The second kappa shape index (κ2) is 5.18. The second-order valence-corrected chi connectivity index (χ2v) is 5.15. The van der Waals surface area contributed by atoms with E-state index in [2.05, 4.69) is 10.3 Å². The van der Waals surface area contributed by atoms with Crippen LogP contribution in [-0.4, -0.2) is 10.9 Å². The van der Waals surface area contributed by atoms with Crippen LogP contribution >= 0.6 is 0 Å². The molecule has 1 heterocycles. The minimum atomic E-state index is -0.579. The van der Waals surface area contributed by atoms with E-state index in [1.165, 1.54) is 0 Å². The molecule has 1 amide bonds. The van der Waals surface area contributed by atoms with Crippen LogP contribution in [0.15, 0.2) is 42.7 Å². The number of benzene rings is 1. The van der Waals surface area contributed by atoms with Crippen LogP contribution in [0.1, 0.15) is 25.0 Å². The number of aromatic nitrogens is 1. The minimum absolute atomic E-state index is 0.00142. The minimum Gasteiger partial charge on any atom is -0.399 e. The Morgan fingerprint density at radius 1 is 1.26 bits per heavy atom. The molecule has 0 bridgehead atoms. The van der Waals surface area contributed by atoms with Gasteiger partial charge >= 0.3 is 0 Å². The number of nitrogens with two attached hydrogens (primary N) is 1. The van der Waals surface area contributed by atoms with E-state index in [1.807, 2.05) is 56.6 Å². The highest BCUT2D eigenvalue weighted by Crippen LogP contribution is 2.24. The van der Waals surface area contributed by atoms with Gasteiger partial charge in [-0.15, -0.1) is 0 Å². The fourth-order valence-corrected chi connectivity index (χ4v) is 1.90. The van der Waals surface area contributed by atoms with Crippen molar-refractivity contribution in [3.8, 4) is 0 Å². The average Bonchev–Trinajstić information content (AvgIpc) is 2.89. The van der Waals surface area contributed by atoms with Crippen molar-refractivity contribution in [2.75, 3.05) is 5.73 Å². The van der Waals surface area contributed by atoms with Gasteiger partial charge in [-0.3, -0.25) is 4.79 Å². The smallest absolute Gasteiger partial charge is 0.230 e. The Morgan fingerprint density at radius 2 is 1.95 bits per heavy atom. The molecular formula is C15H19N3O. The van der Waals surface area contributed by atoms with E-state index in [0.717, 1.165) is 11.1 Å². The van der Waals surface area contributed by atoms with E-state index in [1.54, 1.807) is 0 Å². The molecular weight excluding hydrogens is 238 g/mol. The Labute approximate surface area is 113 Å². The maximum absolute atomic E-state index is 12.3. The van der Waals surface area contributed by atoms with Crippen LogP contribution in [0, 0.1) is 0 Å². The summed E-state index contributed by atoms with van der Waals surface area (Å²) in [5, 5.41) is 2.95. The molecule has 0 aliphatic rings. The number of H-pyrrole nitrogens is 1. The Morgan fingerprint density at radius 3 is 2.53 bits per heavy atom. The van der Waals surface area contributed by atoms with Crippen molar-refractivity contribution in [1.29, 1.82) is 0 Å². The lowest BCUT2D eigenvalue weighted by Crippen LogP contribution is -2.39. The van der Waals surface area contributed by atoms with Crippen molar-refractivity contribution < 1.29 is 4.79 Å². The summed E-state index contributed by atoms with van der Waals surface area (Å²) in [4.78, 5) is 15.3. The van der Waals surface area contributed by atoms with Crippen LogP contribution in [0.5, 0.6) is 0 Å². The quantitative estimate of drug-likeness (QED) is 0.735. The van der Waals surface area contributed by atoms with Crippen molar-refractivity contribution in [3.05, 3.63) is 53.9 Å². The highest BCUT2D eigenvalue weighted by atomic mass is 16.2. The van der Waals surface area contributed by atoms with Gasteiger partial charge in [-0.25, -0.2) is 0 Å². The Kier molecular flexibility index (Phi) is 3.60. The van der Waals surface area contributed by atoms with Gasteiger partial charge in [0, 0.05) is 24.6 Å². The third-order valence-corrected chi connectivity index (χ3v) is 3.32. The molecule has 2 rings (SSSR count). The topological polar surface area (TPSA) is 70.9 Å². The SMILES string of the molecule is CC(C)(C(=O)NCc1cc[nH]c1)c1ccc(N)cc1. The Hall–Kier alpha value is -2.23. The third kappa shape index (κ3) is 2.96. The van der Waals surface area contributed by atoms with Gasteiger partial charge in [-0.1, -0.05) is 12.1 Å². The summed E-state index contributed by atoms with van der Waals surface area (Å²) in [6, 6.07) is 9.36. The number of nitrogen functional groups attached to an aromatic ring is 1. The normalized spacial score (nSPS) is 11.3. The highest BCUT2D eigenvalue weighted by Gasteiger charge is 2.29. The standard InChI is InChI=1S/C15H19N3O/c1-15(2,12-3-5-13(16)6-4-12)14(19)18-10-11-7-8-17-9-11/h3-9,17H,10,16H2,1-2H3,(H,18,19). The number of carbonyl (C=O) groups excluding carboxylic acids is 1. The summed E-state index contributed by atoms with van der Waals surface area (Å²) < 4.78 is 0. The summed E-state index contributed by atoms with van der Waals surface area (Å²) in [6.07, 6.45) is 3.71. The lowest BCUT2D eigenvalue weighted by atomic mass is 9.83. The van der Waals surface area contributed by atoms with Gasteiger partial charge in [0.1, 0.15) is 0 Å². The maximum Gasteiger partial charge on any atom is 0.230 e. The van der Waals surface area contributed by atoms with Crippen molar-refractivity contribution in [1.82, 2.24) is 10.3 Å². The molecule has 0 saturated heterocycles. The fraction of sp³-hybridized carbons (Fsp3) is 0.267. The number of carbonyl (C=O) groups is 1. The molecule has 0 radical (unpaired) electrons. The van der Waals surface area contributed by atoms with E-state index in [-0.39, 0.29) is 5.91 Å². The van der Waals surface area contributed by atoms with Gasteiger partial charge in [0.2, 0.25) is 5.91 Å². The van der Waals surface area contributed by atoms with E-state index in [4.69, 9.17) is 5.73 Å². The molecule has 0 atom stereocenters. The molecule has 0 aliphatic carbocycles. The monoisotopic (exact) mass is 257 g/mol. The maximum atomic E-state index is 12.3. The summed E-state index contributed by atoms with van der Waals surface area (Å²) >= 11 is 0. The van der Waals surface area contributed by atoms with E-state index < -0.39 is 5.41 Å². The Balaban J connectivity index is 2.06. The first-order valence-corrected chi connectivity index (χ1v) is 6.26. The molecule has 2 aromatic rings. The average molecular weight is 257 g/mol. The van der Waals surface area contributed by atoms with Crippen molar-refractivity contribution in [2.24, 2.45) is 0 Å². The van der Waals surface area contributed by atoms with Gasteiger partial charge < -0.3 is 16.0 Å². The van der Waals surface area contributed by atoms with Crippen molar-refractivity contribution >= 4 is 11.6 Å². The van der Waals surface area contributed by atoms with Gasteiger partial charge in [-0.05, 0) is 43.2 Å². The number of hydrogen-bond acceptors (Lipinski definition) is 2. The molecule has 19 heavy (non-hydrogen) atoms. The number of hydrogen-bond donors (Lipinski definition) is 3. The predicted molar refractivity (Wildman–Crippen MR) is 76.5 cm³/mol. The number of aromatic amines is 1. The van der Waals surface area contributed by atoms with Crippen LogP contribution in [-0.2, 0) is 16.8 Å². The molecule has 0 saturated carbocycles. The molecule has 0 spiro atoms. The molecule has 4 nitrogen and oxygen atoms in total. The summed E-state index contributed by atoms with van der Waals surface area (Å²) in [5.41, 5.74) is 7.80. The number of nitrogens with one attached hydrogen (secondary N) is 2. The van der Waals surface area contributed by atoms with Gasteiger partial charge in [0.25, 0.3) is 0 Å². The first-order chi connectivity index (χ1) is 9.00.